The second-order valence-corrected chi connectivity index (χ2v) is 4.49. The second kappa shape index (κ2) is 5.68. The van der Waals surface area contributed by atoms with Crippen LogP contribution in [0.25, 0.3) is 0 Å². The van der Waals surface area contributed by atoms with Gasteiger partial charge in [0.05, 0.1) is 12.0 Å². The Labute approximate surface area is 115 Å². The van der Waals surface area contributed by atoms with Crippen LogP contribution in [0, 0.1) is 10.1 Å². The third-order valence-corrected chi connectivity index (χ3v) is 3.13. The number of rotatable bonds is 4. The lowest BCUT2D eigenvalue weighted by atomic mass is 10.1. The number of amides is 1. The predicted octanol–water partition coefficient (Wildman–Crippen LogP) is 0.426. The summed E-state index contributed by atoms with van der Waals surface area (Å²) in [6.07, 6.45) is 2.21. The van der Waals surface area contributed by atoms with Crippen LogP contribution in [0.1, 0.15) is 12.8 Å². The molecular formula is C11H15N5O4. The number of piperidine rings is 1. The smallest absolute Gasteiger partial charge is 0.372 e. The van der Waals surface area contributed by atoms with Crippen molar-refractivity contribution in [2.45, 2.75) is 18.9 Å². The third-order valence-electron chi connectivity index (χ3n) is 3.13. The Morgan fingerprint density at radius 2 is 2.30 bits per heavy atom. The molecule has 1 unspecified atom stereocenters. The van der Waals surface area contributed by atoms with Crippen molar-refractivity contribution in [2.75, 3.05) is 26.0 Å². The number of hydrogen-bond acceptors (Lipinski definition) is 7. The SMILES string of the molecule is COc1ncnc(NC2CCC(=O)N(C)C2)c1[N+](=O)[O-]. The van der Waals surface area contributed by atoms with Gasteiger partial charge in [0, 0.05) is 26.1 Å². The molecule has 0 radical (unpaired) electrons. The van der Waals surface area contributed by atoms with Gasteiger partial charge in [0.25, 0.3) is 5.88 Å². The van der Waals surface area contributed by atoms with Crippen LogP contribution < -0.4 is 10.1 Å². The first-order chi connectivity index (χ1) is 9.52. The van der Waals surface area contributed by atoms with Crippen molar-refractivity contribution in [2.24, 2.45) is 0 Å². The Kier molecular flexibility index (Phi) is 3.97. The minimum absolute atomic E-state index is 0.0674. The van der Waals surface area contributed by atoms with E-state index in [2.05, 4.69) is 15.3 Å². The van der Waals surface area contributed by atoms with Gasteiger partial charge in [0.15, 0.2) is 0 Å². The average molecular weight is 281 g/mol. The molecule has 2 rings (SSSR count). The van der Waals surface area contributed by atoms with Crippen molar-refractivity contribution in [1.82, 2.24) is 14.9 Å². The van der Waals surface area contributed by atoms with Gasteiger partial charge >= 0.3 is 5.69 Å². The number of methoxy groups -OCH3 is 1. The highest BCUT2D eigenvalue weighted by molar-refractivity contribution is 5.77. The molecule has 0 saturated carbocycles. The van der Waals surface area contributed by atoms with Gasteiger partial charge in [-0.1, -0.05) is 0 Å². The van der Waals surface area contributed by atoms with E-state index in [-0.39, 0.29) is 29.3 Å². The Morgan fingerprint density at radius 3 is 2.90 bits per heavy atom. The summed E-state index contributed by atoms with van der Waals surface area (Å²) in [5.74, 6) is 0.0835. The topological polar surface area (TPSA) is 110 Å². The molecule has 1 aliphatic heterocycles. The summed E-state index contributed by atoms with van der Waals surface area (Å²) in [4.78, 5) is 31.1. The Morgan fingerprint density at radius 1 is 1.55 bits per heavy atom. The number of likely N-dealkylation sites (tertiary alicyclic amines) is 1. The molecule has 1 atom stereocenters. The van der Waals surface area contributed by atoms with E-state index in [1.165, 1.54) is 13.4 Å². The van der Waals surface area contributed by atoms with E-state index in [0.717, 1.165) is 0 Å². The fourth-order valence-corrected chi connectivity index (χ4v) is 2.11. The van der Waals surface area contributed by atoms with Gasteiger partial charge in [0.2, 0.25) is 11.7 Å². The number of ether oxygens (including phenoxy) is 1. The number of likely N-dealkylation sites (N-methyl/N-ethyl adjacent to an activating group) is 1. The van der Waals surface area contributed by atoms with Crippen molar-refractivity contribution in [3.63, 3.8) is 0 Å². The van der Waals surface area contributed by atoms with Crippen LogP contribution in [-0.4, -0.2) is 52.4 Å². The van der Waals surface area contributed by atoms with Crippen LogP contribution in [0.15, 0.2) is 6.33 Å². The van der Waals surface area contributed by atoms with Crippen LogP contribution in [0.3, 0.4) is 0 Å². The van der Waals surface area contributed by atoms with E-state index >= 15 is 0 Å². The number of anilines is 1. The first kappa shape index (κ1) is 14.0. The van der Waals surface area contributed by atoms with Crippen molar-refractivity contribution in [1.29, 1.82) is 0 Å². The fourth-order valence-electron chi connectivity index (χ4n) is 2.11. The zero-order valence-corrected chi connectivity index (χ0v) is 11.2. The normalized spacial score (nSPS) is 18.8. The Balaban J connectivity index is 2.21. The second-order valence-electron chi connectivity index (χ2n) is 4.49. The minimum atomic E-state index is -0.584. The molecular weight excluding hydrogens is 266 g/mol. The van der Waals surface area contributed by atoms with Gasteiger partial charge in [0.1, 0.15) is 6.33 Å². The van der Waals surface area contributed by atoms with Crippen molar-refractivity contribution in [3.05, 3.63) is 16.4 Å². The highest BCUT2D eigenvalue weighted by Gasteiger charge is 2.28. The number of nitrogens with zero attached hydrogens (tertiary/aromatic N) is 4. The number of carbonyl (C=O) groups is 1. The molecule has 1 aromatic heterocycles. The van der Waals surface area contributed by atoms with E-state index in [1.54, 1.807) is 11.9 Å². The third kappa shape index (κ3) is 2.76. The molecule has 1 aromatic rings. The van der Waals surface area contributed by atoms with Crippen LogP contribution in [0.2, 0.25) is 0 Å². The number of hydrogen-bond donors (Lipinski definition) is 1. The molecule has 20 heavy (non-hydrogen) atoms. The zero-order chi connectivity index (χ0) is 14.7. The fraction of sp³-hybridized carbons (Fsp3) is 0.545. The zero-order valence-electron chi connectivity index (χ0n) is 11.2. The monoisotopic (exact) mass is 281 g/mol. The summed E-state index contributed by atoms with van der Waals surface area (Å²) in [6.45, 7) is 0.475. The number of nitro groups is 1. The first-order valence-electron chi connectivity index (χ1n) is 6.06. The van der Waals surface area contributed by atoms with Gasteiger partial charge in [-0.05, 0) is 6.42 Å². The summed E-state index contributed by atoms with van der Waals surface area (Å²) in [6, 6.07) is -0.0870. The van der Waals surface area contributed by atoms with Gasteiger partial charge in [-0.2, -0.15) is 4.98 Å². The molecule has 1 fully saturated rings. The predicted molar refractivity (Wildman–Crippen MR) is 69.5 cm³/mol. The van der Waals surface area contributed by atoms with Crippen LogP contribution in [-0.2, 0) is 4.79 Å². The van der Waals surface area contributed by atoms with E-state index < -0.39 is 4.92 Å². The van der Waals surface area contributed by atoms with Crippen LogP contribution >= 0.6 is 0 Å². The average Bonchev–Trinajstić information content (AvgIpc) is 2.42. The van der Waals surface area contributed by atoms with Crippen molar-refractivity contribution >= 4 is 17.4 Å². The van der Waals surface area contributed by atoms with Crippen molar-refractivity contribution in [3.8, 4) is 5.88 Å². The molecule has 108 valence electrons. The highest BCUT2D eigenvalue weighted by atomic mass is 16.6. The quantitative estimate of drug-likeness (QED) is 0.629. The maximum Gasteiger partial charge on any atom is 0.372 e. The standard InChI is InChI=1S/C11H15N5O4/c1-15-5-7(3-4-8(15)17)14-10-9(16(18)19)11(20-2)13-6-12-10/h6-7H,3-5H2,1-2H3,(H,12,13,14). The van der Waals surface area contributed by atoms with Gasteiger partial charge in [-0.25, -0.2) is 4.98 Å². The van der Waals surface area contributed by atoms with E-state index in [0.29, 0.717) is 19.4 Å². The molecule has 0 aliphatic carbocycles. The lowest BCUT2D eigenvalue weighted by Gasteiger charge is -2.30. The largest absolute Gasteiger partial charge is 0.476 e. The van der Waals surface area contributed by atoms with E-state index in [9.17, 15) is 14.9 Å². The summed E-state index contributed by atoms with van der Waals surface area (Å²) in [7, 11) is 3.01. The van der Waals surface area contributed by atoms with Crippen LogP contribution in [0.5, 0.6) is 5.88 Å². The molecule has 9 heteroatoms. The maximum absolute atomic E-state index is 11.4. The van der Waals surface area contributed by atoms with E-state index in [1.807, 2.05) is 0 Å². The maximum atomic E-state index is 11.4. The number of carbonyl (C=O) groups excluding carboxylic acids is 1. The summed E-state index contributed by atoms with van der Waals surface area (Å²) < 4.78 is 4.88. The molecule has 0 aromatic carbocycles. The highest BCUT2D eigenvalue weighted by Crippen LogP contribution is 2.31. The number of nitrogens with one attached hydrogen (secondary N) is 1. The number of aromatic nitrogens is 2. The summed E-state index contributed by atoms with van der Waals surface area (Å²) in [5.41, 5.74) is -0.297. The molecule has 1 amide bonds. The van der Waals surface area contributed by atoms with Gasteiger partial charge < -0.3 is 15.0 Å². The van der Waals surface area contributed by atoms with E-state index in [4.69, 9.17) is 4.74 Å². The molecule has 1 aliphatic rings. The molecule has 0 spiro atoms. The Bertz CT molecular complexity index is 536. The van der Waals surface area contributed by atoms with Crippen molar-refractivity contribution < 1.29 is 14.5 Å². The minimum Gasteiger partial charge on any atom is -0.476 e. The van der Waals surface area contributed by atoms with Gasteiger partial charge in [-0.15, -0.1) is 0 Å². The molecule has 2 heterocycles. The molecule has 9 nitrogen and oxygen atoms in total. The Hall–Kier alpha value is -2.45. The summed E-state index contributed by atoms with van der Waals surface area (Å²) in [5, 5.41) is 14.1. The first-order valence-corrected chi connectivity index (χ1v) is 6.06. The lowest BCUT2D eigenvalue weighted by molar-refractivity contribution is -0.385. The lowest BCUT2D eigenvalue weighted by Crippen LogP contribution is -2.43. The van der Waals surface area contributed by atoms with Crippen LogP contribution in [0.4, 0.5) is 11.5 Å². The van der Waals surface area contributed by atoms with Gasteiger partial charge in [-0.3, -0.25) is 14.9 Å². The molecule has 0 bridgehead atoms. The molecule has 1 N–H and O–H groups in total. The molecule has 1 saturated heterocycles. The summed E-state index contributed by atoms with van der Waals surface area (Å²) >= 11 is 0.